The summed E-state index contributed by atoms with van der Waals surface area (Å²) in [6.07, 6.45) is 1.13. The van der Waals surface area contributed by atoms with Crippen molar-refractivity contribution < 1.29 is 0 Å². The molecule has 0 saturated carbocycles. The fourth-order valence-corrected chi connectivity index (χ4v) is 4.62. The summed E-state index contributed by atoms with van der Waals surface area (Å²) in [4.78, 5) is 5.04. The van der Waals surface area contributed by atoms with E-state index in [1.807, 2.05) is 6.07 Å². The van der Waals surface area contributed by atoms with E-state index in [2.05, 4.69) is 52.7 Å². The molecule has 1 aromatic carbocycles. The summed E-state index contributed by atoms with van der Waals surface area (Å²) in [5, 5.41) is 5.76. The topological polar surface area (TPSA) is 23.4 Å². The monoisotopic (exact) mass is 360 g/mol. The van der Waals surface area contributed by atoms with Crippen LogP contribution in [-0.4, -0.2) is 59.7 Å². The number of piperazine rings is 1. The molecule has 136 valence electrons. The van der Waals surface area contributed by atoms with E-state index in [1.165, 1.54) is 22.2 Å². The Morgan fingerprint density at radius 1 is 1.24 bits per heavy atom. The van der Waals surface area contributed by atoms with E-state index in [9.17, 15) is 0 Å². The molecule has 2 atom stereocenters. The van der Waals surface area contributed by atoms with Crippen LogP contribution in [-0.2, 0) is 19.5 Å². The zero-order chi connectivity index (χ0) is 17.6. The van der Waals surface area contributed by atoms with Gasteiger partial charge in [-0.15, -0.1) is 0 Å². The van der Waals surface area contributed by atoms with Gasteiger partial charge in [-0.1, -0.05) is 11.6 Å². The predicted octanol–water partition coefficient (Wildman–Crippen LogP) is 2.96. The first-order valence-corrected chi connectivity index (χ1v) is 9.86. The number of rotatable bonds is 3. The fraction of sp³-hybridized carbons (Fsp3) is 0.600. The van der Waals surface area contributed by atoms with Crippen molar-refractivity contribution >= 4 is 22.5 Å². The SMILES string of the molecule is C[C@@H]1CN(CCn2c3c(c4cc(Cl)ccc42)CN(C)CC3)[C@H](C)CN1. The van der Waals surface area contributed by atoms with Crippen molar-refractivity contribution in [2.45, 2.75) is 45.4 Å². The van der Waals surface area contributed by atoms with E-state index in [1.54, 1.807) is 0 Å². The van der Waals surface area contributed by atoms with Gasteiger partial charge in [-0.2, -0.15) is 0 Å². The maximum Gasteiger partial charge on any atom is 0.0487 e. The van der Waals surface area contributed by atoms with E-state index < -0.39 is 0 Å². The minimum absolute atomic E-state index is 0.582. The number of likely N-dealkylation sites (N-methyl/N-ethyl adjacent to an activating group) is 1. The number of hydrogen-bond acceptors (Lipinski definition) is 3. The summed E-state index contributed by atoms with van der Waals surface area (Å²) in [7, 11) is 2.21. The molecule has 2 aromatic rings. The van der Waals surface area contributed by atoms with Crippen LogP contribution in [0.25, 0.3) is 10.9 Å². The molecule has 1 N–H and O–H groups in total. The van der Waals surface area contributed by atoms with Gasteiger partial charge >= 0.3 is 0 Å². The standard InChI is InChI=1S/C20H29ClN4/c1-14-12-24(15(2)11-22-14)8-9-25-19-5-4-16(21)10-17(19)18-13-23(3)7-6-20(18)25/h4-5,10,14-15,22H,6-9,11-13H2,1-3H3/t14-,15-/m1/s1. The largest absolute Gasteiger partial charge is 0.343 e. The molecule has 0 unspecified atom stereocenters. The molecular weight excluding hydrogens is 332 g/mol. The molecule has 1 fully saturated rings. The average Bonchev–Trinajstić information content (AvgIpc) is 2.88. The van der Waals surface area contributed by atoms with E-state index in [0.29, 0.717) is 12.1 Å². The molecule has 25 heavy (non-hydrogen) atoms. The number of hydrogen-bond donors (Lipinski definition) is 1. The first-order valence-electron chi connectivity index (χ1n) is 9.48. The van der Waals surface area contributed by atoms with Gasteiger partial charge in [0.2, 0.25) is 0 Å². The van der Waals surface area contributed by atoms with Crippen LogP contribution in [0.5, 0.6) is 0 Å². The first kappa shape index (κ1) is 17.3. The van der Waals surface area contributed by atoms with Crippen molar-refractivity contribution in [2.24, 2.45) is 0 Å². The van der Waals surface area contributed by atoms with Crippen molar-refractivity contribution in [1.82, 2.24) is 19.7 Å². The molecule has 4 nitrogen and oxygen atoms in total. The predicted molar refractivity (Wildman–Crippen MR) is 105 cm³/mol. The van der Waals surface area contributed by atoms with E-state index in [-0.39, 0.29) is 0 Å². The molecule has 0 amide bonds. The van der Waals surface area contributed by atoms with Gasteiger partial charge < -0.3 is 14.8 Å². The highest BCUT2D eigenvalue weighted by molar-refractivity contribution is 6.31. The Balaban J connectivity index is 1.65. The first-order chi connectivity index (χ1) is 12.0. The average molecular weight is 361 g/mol. The van der Waals surface area contributed by atoms with Crippen LogP contribution in [0, 0.1) is 0 Å². The van der Waals surface area contributed by atoms with Gasteiger partial charge in [-0.05, 0) is 44.7 Å². The summed E-state index contributed by atoms with van der Waals surface area (Å²) in [6.45, 7) is 11.2. The van der Waals surface area contributed by atoms with Crippen molar-refractivity contribution in [1.29, 1.82) is 0 Å². The van der Waals surface area contributed by atoms with Gasteiger partial charge in [0.15, 0.2) is 0 Å². The van der Waals surface area contributed by atoms with E-state index in [0.717, 1.165) is 50.7 Å². The molecule has 0 aliphatic carbocycles. The van der Waals surface area contributed by atoms with Crippen LogP contribution in [0.3, 0.4) is 0 Å². The smallest absolute Gasteiger partial charge is 0.0487 e. The molecule has 3 heterocycles. The molecule has 0 radical (unpaired) electrons. The fourth-order valence-electron chi connectivity index (χ4n) is 4.45. The number of fused-ring (bicyclic) bond motifs is 3. The van der Waals surface area contributed by atoms with Crippen LogP contribution < -0.4 is 5.32 Å². The Bertz CT molecular complexity index is 769. The quantitative estimate of drug-likeness (QED) is 0.910. The molecular formula is C20H29ClN4. The highest BCUT2D eigenvalue weighted by Gasteiger charge is 2.25. The Labute approximate surface area is 155 Å². The van der Waals surface area contributed by atoms with E-state index in [4.69, 9.17) is 11.6 Å². The van der Waals surface area contributed by atoms with E-state index >= 15 is 0 Å². The molecule has 1 aromatic heterocycles. The molecule has 1 saturated heterocycles. The molecule has 4 rings (SSSR count). The van der Waals surface area contributed by atoms with Gasteiger partial charge in [0.1, 0.15) is 0 Å². The van der Waals surface area contributed by atoms with Crippen LogP contribution in [0.15, 0.2) is 18.2 Å². The van der Waals surface area contributed by atoms with Crippen LogP contribution in [0.2, 0.25) is 5.02 Å². The van der Waals surface area contributed by atoms with Crippen molar-refractivity contribution in [3.8, 4) is 0 Å². The third-order valence-corrected chi connectivity index (χ3v) is 6.15. The Morgan fingerprint density at radius 2 is 2.08 bits per heavy atom. The molecule has 5 heteroatoms. The van der Waals surface area contributed by atoms with Gasteiger partial charge in [0, 0.05) is 79.4 Å². The third kappa shape index (κ3) is 3.33. The highest BCUT2D eigenvalue weighted by atomic mass is 35.5. The maximum atomic E-state index is 6.30. The summed E-state index contributed by atoms with van der Waals surface area (Å²) < 4.78 is 2.56. The summed E-state index contributed by atoms with van der Waals surface area (Å²) >= 11 is 6.30. The van der Waals surface area contributed by atoms with Gasteiger partial charge in [-0.3, -0.25) is 4.90 Å². The third-order valence-electron chi connectivity index (χ3n) is 5.91. The number of halogens is 1. The van der Waals surface area contributed by atoms with Crippen molar-refractivity contribution in [3.63, 3.8) is 0 Å². The minimum atomic E-state index is 0.582. The highest BCUT2D eigenvalue weighted by Crippen LogP contribution is 2.32. The zero-order valence-corrected chi connectivity index (χ0v) is 16.3. The maximum absolute atomic E-state index is 6.30. The second-order valence-corrected chi connectivity index (χ2v) is 8.32. The van der Waals surface area contributed by atoms with Crippen LogP contribution >= 0.6 is 11.6 Å². The lowest BCUT2D eigenvalue weighted by molar-refractivity contribution is 0.141. The summed E-state index contributed by atoms with van der Waals surface area (Å²) in [6, 6.07) is 7.58. The Morgan fingerprint density at radius 3 is 2.92 bits per heavy atom. The minimum Gasteiger partial charge on any atom is -0.343 e. The van der Waals surface area contributed by atoms with Gasteiger partial charge in [0.05, 0.1) is 0 Å². The normalized spacial score (nSPS) is 25.4. The molecule has 0 bridgehead atoms. The molecule has 2 aliphatic heterocycles. The Hall–Kier alpha value is -1.07. The number of benzene rings is 1. The zero-order valence-electron chi connectivity index (χ0n) is 15.6. The van der Waals surface area contributed by atoms with Crippen molar-refractivity contribution in [2.75, 3.05) is 33.2 Å². The van der Waals surface area contributed by atoms with Gasteiger partial charge in [-0.25, -0.2) is 0 Å². The molecule has 2 aliphatic rings. The van der Waals surface area contributed by atoms with Crippen LogP contribution in [0.4, 0.5) is 0 Å². The van der Waals surface area contributed by atoms with Crippen molar-refractivity contribution in [3.05, 3.63) is 34.5 Å². The lowest BCUT2D eigenvalue weighted by atomic mass is 10.1. The summed E-state index contributed by atoms with van der Waals surface area (Å²) in [5.74, 6) is 0. The lowest BCUT2D eigenvalue weighted by Crippen LogP contribution is -2.54. The Kier molecular flexibility index (Phi) is 4.80. The second-order valence-electron chi connectivity index (χ2n) is 7.88. The second kappa shape index (κ2) is 6.92. The number of nitrogens with one attached hydrogen (secondary N) is 1. The lowest BCUT2D eigenvalue weighted by Gasteiger charge is -2.37. The summed E-state index contributed by atoms with van der Waals surface area (Å²) in [5.41, 5.74) is 4.35. The number of aromatic nitrogens is 1. The van der Waals surface area contributed by atoms with Gasteiger partial charge in [0.25, 0.3) is 0 Å². The van der Waals surface area contributed by atoms with Crippen LogP contribution in [0.1, 0.15) is 25.1 Å². The molecule has 0 spiro atoms. The number of nitrogens with zero attached hydrogens (tertiary/aromatic N) is 3.